The third-order valence-corrected chi connectivity index (χ3v) is 5.31. The molecule has 1 fully saturated rings. The van der Waals surface area contributed by atoms with E-state index in [1.807, 2.05) is 0 Å². The minimum Gasteiger partial charge on any atom is -0.396 e. The maximum absolute atomic E-state index is 6.19. The van der Waals surface area contributed by atoms with E-state index in [0.717, 1.165) is 22.3 Å². The number of anilines is 2. The summed E-state index contributed by atoms with van der Waals surface area (Å²) in [7, 11) is 4.35. The van der Waals surface area contributed by atoms with Gasteiger partial charge in [0.25, 0.3) is 0 Å². The zero-order valence-electron chi connectivity index (χ0n) is 13.1. The van der Waals surface area contributed by atoms with Gasteiger partial charge in [0.1, 0.15) is 0 Å². The number of fused-ring (bicyclic) bond motifs is 1. The van der Waals surface area contributed by atoms with Crippen molar-refractivity contribution in [3.63, 3.8) is 0 Å². The molecular formula is C17H23IN4. The third kappa shape index (κ3) is 3.30. The Balaban J connectivity index is 1.82. The lowest BCUT2D eigenvalue weighted by Crippen LogP contribution is -2.36. The van der Waals surface area contributed by atoms with Crippen molar-refractivity contribution >= 4 is 44.9 Å². The van der Waals surface area contributed by atoms with Crippen LogP contribution in [0, 0.1) is 3.57 Å². The molecule has 1 aliphatic carbocycles. The van der Waals surface area contributed by atoms with Crippen LogP contribution in [0.25, 0.3) is 10.9 Å². The number of halogens is 1. The van der Waals surface area contributed by atoms with E-state index in [1.165, 1.54) is 29.3 Å². The maximum Gasteiger partial charge on any atom is 0.0743 e. The van der Waals surface area contributed by atoms with Crippen molar-refractivity contribution in [3.8, 4) is 0 Å². The number of hydrogen-bond donors (Lipinski definition) is 2. The molecular weight excluding hydrogens is 387 g/mol. The molecule has 0 atom stereocenters. The van der Waals surface area contributed by atoms with Crippen molar-refractivity contribution in [1.29, 1.82) is 0 Å². The first kappa shape index (κ1) is 15.8. The highest BCUT2D eigenvalue weighted by atomic mass is 127. The van der Waals surface area contributed by atoms with Crippen LogP contribution in [0.15, 0.2) is 24.4 Å². The molecule has 118 valence electrons. The maximum atomic E-state index is 6.19. The van der Waals surface area contributed by atoms with Crippen LogP contribution in [0.1, 0.15) is 25.7 Å². The summed E-state index contributed by atoms with van der Waals surface area (Å²) < 4.78 is 1.21. The fourth-order valence-electron chi connectivity index (χ4n) is 3.28. The summed E-state index contributed by atoms with van der Waals surface area (Å²) >= 11 is 2.34. The van der Waals surface area contributed by atoms with Gasteiger partial charge in [0.15, 0.2) is 0 Å². The summed E-state index contributed by atoms with van der Waals surface area (Å²) in [6.07, 6.45) is 6.63. The van der Waals surface area contributed by atoms with Gasteiger partial charge in [-0.3, -0.25) is 4.98 Å². The van der Waals surface area contributed by atoms with Crippen molar-refractivity contribution in [2.75, 3.05) is 25.1 Å². The van der Waals surface area contributed by atoms with Crippen molar-refractivity contribution in [3.05, 3.63) is 28.0 Å². The SMILES string of the molecule is CN(C)[C@H]1CC[C@H](Nc2c(N)cnc3ccc(I)cc23)CC1. The molecule has 2 aromatic rings. The topological polar surface area (TPSA) is 54.2 Å². The number of rotatable bonds is 3. The molecule has 0 bridgehead atoms. The first-order valence-electron chi connectivity index (χ1n) is 7.81. The van der Waals surface area contributed by atoms with Crippen LogP contribution >= 0.6 is 22.6 Å². The minimum absolute atomic E-state index is 0.502. The Hall–Kier alpha value is -1.08. The van der Waals surface area contributed by atoms with Crippen molar-refractivity contribution in [2.24, 2.45) is 0 Å². The Morgan fingerprint density at radius 2 is 1.95 bits per heavy atom. The molecule has 0 saturated heterocycles. The Labute approximate surface area is 145 Å². The van der Waals surface area contributed by atoms with Gasteiger partial charge < -0.3 is 16.0 Å². The summed E-state index contributed by atoms with van der Waals surface area (Å²) in [4.78, 5) is 6.78. The molecule has 1 aromatic carbocycles. The second-order valence-electron chi connectivity index (χ2n) is 6.36. The van der Waals surface area contributed by atoms with Gasteiger partial charge in [-0.05, 0) is 80.6 Å². The van der Waals surface area contributed by atoms with E-state index >= 15 is 0 Å². The van der Waals surface area contributed by atoms with Gasteiger partial charge in [-0.2, -0.15) is 0 Å². The van der Waals surface area contributed by atoms with Gasteiger partial charge in [0, 0.05) is 21.0 Å². The van der Waals surface area contributed by atoms with Crippen LogP contribution in [0.2, 0.25) is 0 Å². The number of nitrogens with one attached hydrogen (secondary N) is 1. The molecule has 1 heterocycles. The lowest BCUT2D eigenvalue weighted by atomic mass is 9.90. The zero-order valence-corrected chi connectivity index (χ0v) is 15.3. The highest BCUT2D eigenvalue weighted by Crippen LogP contribution is 2.32. The van der Waals surface area contributed by atoms with E-state index in [-0.39, 0.29) is 0 Å². The smallest absolute Gasteiger partial charge is 0.0743 e. The first-order valence-corrected chi connectivity index (χ1v) is 8.89. The zero-order chi connectivity index (χ0) is 15.7. The molecule has 0 amide bonds. The lowest BCUT2D eigenvalue weighted by molar-refractivity contribution is 0.221. The van der Waals surface area contributed by atoms with Crippen LogP contribution < -0.4 is 11.1 Å². The number of nitrogens with two attached hydrogens (primary N) is 1. The monoisotopic (exact) mass is 410 g/mol. The fourth-order valence-corrected chi connectivity index (χ4v) is 3.77. The number of nitrogen functional groups attached to an aromatic ring is 1. The fraction of sp³-hybridized carbons (Fsp3) is 0.471. The summed E-state index contributed by atoms with van der Waals surface area (Å²) in [5.41, 5.74) is 8.99. The first-order chi connectivity index (χ1) is 10.5. The van der Waals surface area contributed by atoms with Crippen LogP contribution in [-0.4, -0.2) is 36.1 Å². The van der Waals surface area contributed by atoms with Crippen molar-refractivity contribution < 1.29 is 0 Å². The van der Waals surface area contributed by atoms with Gasteiger partial charge in [0.2, 0.25) is 0 Å². The Morgan fingerprint density at radius 3 is 2.64 bits per heavy atom. The molecule has 1 aliphatic rings. The highest BCUT2D eigenvalue weighted by Gasteiger charge is 2.23. The lowest BCUT2D eigenvalue weighted by Gasteiger charge is -2.33. The van der Waals surface area contributed by atoms with Gasteiger partial charge in [0.05, 0.1) is 23.1 Å². The van der Waals surface area contributed by atoms with E-state index < -0.39 is 0 Å². The Kier molecular flexibility index (Phi) is 4.73. The average Bonchev–Trinajstić information content (AvgIpc) is 2.51. The van der Waals surface area contributed by atoms with E-state index in [0.29, 0.717) is 12.1 Å². The predicted octanol–water partition coefficient (Wildman–Crippen LogP) is 3.71. The quantitative estimate of drug-likeness (QED) is 0.758. The second-order valence-corrected chi connectivity index (χ2v) is 7.61. The Morgan fingerprint density at radius 1 is 1.23 bits per heavy atom. The van der Waals surface area contributed by atoms with Gasteiger partial charge >= 0.3 is 0 Å². The number of aromatic nitrogens is 1. The summed E-state index contributed by atoms with van der Waals surface area (Å²) in [6, 6.07) is 7.52. The molecule has 0 spiro atoms. The molecule has 3 rings (SSSR count). The van der Waals surface area contributed by atoms with E-state index in [2.05, 4.69) is 70.1 Å². The molecule has 0 aliphatic heterocycles. The predicted molar refractivity (Wildman–Crippen MR) is 102 cm³/mol. The summed E-state index contributed by atoms with van der Waals surface area (Å²) in [5, 5.41) is 4.82. The van der Waals surface area contributed by atoms with Gasteiger partial charge in [-0.25, -0.2) is 0 Å². The Bertz CT molecular complexity index is 658. The molecule has 1 aromatic heterocycles. The number of nitrogens with zero attached hydrogens (tertiary/aromatic N) is 2. The number of hydrogen-bond acceptors (Lipinski definition) is 4. The molecule has 4 nitrogen and oxygen atoms in total. The molecule has 5 heteroatoms. The van der Waals surface area contributed by atoms with Crippen LogP contribution in [0.5, 0.6) is 0 Å². The van der Waals surface area contributed by atoms with E-state index in [9.17, 15) is 0 Å². The molecule has 3 N–H and O–H groups in total. The van der Waals surface area contributed by atoms with Crippen LogP contribution in [0.4, 0.5) is 11.4 Å². The highest BCUT2D eigenvalue weighted by molar-refractivity contribution is 14.1. The standard InChI is InChI=1S/C17H23IN4/c1-22(2)13-6-4-12(5-7-13)21-17-14-9-11(18)3-8-16(14)20-10-15(17)19/h3,8-10,12-13H,4-7,19H2,1-2H3,(H,20,21)/t12-,13-. The molecule has 22 heavy (non-hydrogen) atoms. The van der Waals surface area contributed by atoms with Gasteiger partial charge in [-0.1, -0.05) is 0 Å². The number of benzene rings is 1. The van der Waals surface area contributed by atoms with Crippen molar-refractivity contribution in [1.82, 2.24) is 9.88 Å². The van der Waals surface area contributed by atoms with Crippen molar-refractivity contribution in [2.45, 2.75) is 37.8 Å². The average molecular weight is 410 g/mol. The van der Waals surface area contributed by atoms with E-state index in [1.54, 1.807) is 6.20 Å². The summed E-state index contributed by atoms with van der Waals surface area (Å²) in [5.74, 6) is 0. The second kappa shape index (κ2) is 6.58. The molecule has 0 unspecified atom stereocenters. The molecule has 0 radical (unpaired) electrons. The summed E-state index contributed by atoms with van der Waals surface area (Å²) in [6.45, 7) is 0. The molecule has 1 saturated carbocycles. The largest absolute Gasteiger partial charge is 0.396 e. The van der Waals surface area contributed by atoms with Gasteiger partial charge in [-0.15, -0.1) is 0 Å². The van der Waals surface area contributed by atoms with Crippen LogP contribution in [0.3, 0.4) is 0 Å². The minimum atomic E-state index is 0.502. The third-order valence-electron chi connectivity index (χ3n) is 4.63. The normalized spacial score (nSPS) is 22.2. The van der Waals surface area contributed by atoms with Crippen LogP contribution in [-0.2, 0) is 0 Å². The van der Waals surface area contributed by atoms with E-state index in [4.69, 9.17) is 5.73 Å². The number of pyridine rings is 1.